The van der Waals surface area contributed by atoms with Crippen molar-refractivity contribution in [3.05, 3.63) is 39.9 Å². The van der Waals surface area contributed by atoms with Crippen LogP contribution >= 0.6 is 15.9 Å². The second-order valence-corrected chi connectivity index (χ2v) is 5.01. The van der Waals surface area contributed by atoms with Crippen molar-refractivity contribution in [2.45, 2.75) is 26.3 Å². The van der Waals surface area contributed by atoms with Crippen LogP contribution in [0.25, 0.3) is 5.69 Å². The van der Waals surface area contributed by atoms with Crippen molar-refractivity contribution in [3.63, 3.8) is 0 Å². The summed E-state index contributed by atoms with van der Waals surface area (Å²) in [6.07, 6.45) is 2.52. The van der Waals surface area contributed by atoms with E-state index in [1.807, 2.05) is 13.8 Å². The minimum Gasteiger partial charge on any atom is -0.323 e. The molecule has 0 saturated carbocycles. The van der Waals surface area contributed by atoms with Gasteiger partial charge in [-0.3, -0.25) is 0 Å². The fourth-order valence-corrected chi connectivity index (χ4v) is 2.11. The van der Waals surface area contributed by atoms with Crippen LogP contribution < -0.4 is 5.73 Å². The van der Waals surface area contributed by atoms with Crippen molar-refractivity contribution in [1.82, 2.24) is 15.0 Å². The van der Waals surface area contributed by atoms with E-state index >= 15 is 0 Å². The highest BCUT2D eigenvalue weighted by atomic mass is 79.9. The molecule has 1 unspecified atom stereocenters. The van der Waals surface area contributed by atoms with Gasteiger partial charge in [-0.15, -0.1) is 5.10 Å². The zero-order chi connectivity index (χ0) is 13.3. The molecule has 0 bridgehead atoms. The maximum atomic E-state index is 13.5. The molecule has 0 fully saturated rings. The van der Waals surface area contributed by atoms with Gasteiger partial charge < -0.3 is 5.73 Å². The Balaban J connectivity index is 2.43. The number of benzene rings is 1. The molecule has 2 rings (SSSR count). The molecule has 1 atom stereocenters. The van der Waals surface area contributed by atoms with E-state index in [0.29, 0.717) is 15.9 Å². The molecular weight excluding hydrogens is 299 g/mol. The van der Waals surface area contributed by atoms with Gasteiger partial charge in [-0.1, -0.05) is 12.1 Å². The molecule has 0 amide bonds. The van der Waals surface area contributed by atoms with Crippen molar-refractivity contribution in [2.75, 3.05) is 0 Å². The molecule has 0 aliphatic carbocycles. The second-order valence-electron chi connectivity index (χ2n) is 4.16. The first kappa shape index (κ1) is 13.2. The van der Waals surface area contributed by atoms with E-state index in [2.05, 4.69) is 26.2 Å². The van der Waals surface area contributed by atoms with Crippen molar-refractivity contribution in [2.24, 2.45) is 5.73 Å². The lowest BCUT2D eigenvalue weighted by Crippen LogP contribution is -2.08. The molecule has 0 spiro atoms. The molecule has 18 heavy (non-hydrogen) atoms. The predicted octanol–water partition coefficient (Wildman–Crippen LogP) is 2.89. The van der Waals surface area contributed by atoms with Gasteiger partial charge in [-0.25, -0.2) is 9.07 Å². The molecule has 0 aliphatic rings. The van der Waals surface area contributed by atoms with E-state index < -0.39 is 0 Å². The monoisotopic (exact) mass is 312 g/mol. The third-order valence-corrected chi connectivity index (χ3v) is 3.42. The summed E-state index contributed by atoms with van der Waals surface area (Å²) in [5.41, 5.74) is 8.16. The Morgan fingerprint density at radius 2 is 2.22 bits per heavy atom. The number of aryl methyl sites for hydroxylation is 1. The van der Waals surface area contributed by atoms with Crippen LogP contribution in [0.15, 0.2) is 22.8 Å². The lowest BCUT2D eigenvalue weighted by molar-refractivity contribution is 0.617. The third kappa shape index (κ3) is 2.44. The topological polar surface area (TPSA) is 56.7 Å². The van der Waals surface area contributed by atoms with Gasteiger partial charge in [0.2, 0.25) is 0 Å². The van der Waals surface area contributed by atoms with E-state index in [1.165, 1.54) is 6.07 Å². The molecule has 2 N–H and O–H groups in total. The number of rotatable bonds is 3. The largest absolute Gasteiger partial charge is 0.323 e. The number of nitrogens with zero attached hydrogens (tertiary/aromatic N) is 3. The Morgan fingerprint density at radius 3 is 2.89 bits per heavy atom. The molecule has 1 heterocycles. The fourth-order valence-electron chi connectivity index (χ4n) is 1.66. The van der Waals surface area contributed by atoms with E-state index in [9.17, 15) is 4.39 Å². The zero-order valence-corrected chi connectivity index (χ0v) is 11.8. The summed E-state index contributed by atoms with van der Waals surface area (Å²) in [7, 11) is 0. The van der Waals surface area contributed by atoms with E-state index in [-0.39, 0.29) is 11.9 Å². The van der Waals surface area contributed by atoms with Crippen LogP contribution in [0.5, 0.6) is 0 Å². The molecule has 4 nitrogen and oxygen atoms in total. The highest BCUT2D eigenvalue weighted by molar-refractivity contribution is 9.10. The number of hydrogen-bond acceptors (Lipinski definition) is 3. The van der Waals surface area contributed by atoms with Crippen LogP contribution in [0.2, 0.25) is 0 Å². The van der Waals surface area contributed by atoms with Gasteiger partial charge in [0.05, 0.1) is 28.1 Å². The van der Waals surface area contributed by atoms with Crippen molar-refractivity contribution in [1.29, 1.82) is 0 Å². The zero-order valence-electron chi connectivity index (χ0n) is 10.2. The summed E-state index contributed by atoms with van der Waals surface area (Å²) < 4.78 is 15.5. The number of nitrogens with two attached hydrogens (primary N) is 1. The minimum atomic E-state index is -0.326. The van der Waals surface area contributed by atoms with Gasteiger partial charge in [0.1, 0.15) is 5.82 Å². The van der Waals surface area contributed by atoms with Crippen LogP contribution in [0, 0.1) is 12.7 Å². The SMILES string of the molecule is CCC(N)c1cn(-c2cc(F)c(Br)cc2C)nn1. The van der Waals surface area contributed by atoms with Crippen LogP contribution in [0.4, 0.5) is 4.39 Å². The van der Waals surface area contributed by atoms with Crippen LogP contribution in [0.1, 0.15) is 30.6 Å². The Bertz CT molecular complexity index is 567. The summed E-state index contributed by atoms with van der Waals surface area (Å²) in [4.78, 5) is 0. The van der Waals surface area contributed by atoms with E-state index in [1.54, 1.807) is 16.9 Å². The first-order valence-electron chi connectivity index (χ1n) is 5.66. The molecule has 6 heteroatoms. The molecule has 0 radical (unpaired) electrons. The molecule has 1 aromatic carbocycles. The molecule has 96 valence electrons. The Hall–Kier alpha value is -1.27. The lowest BCUT2D eigenvalue weighted by atomic mass is 10.2. The van der Waals surface area contributed by atoms with Gasteiger partial charge in [0, 0.05) is 6.07 Å². The van der Waals surface area contributed by atoms with Crippen LogP contribution in [-0.4, -0.2) is 15.0 Å². The minimum absolute atomic E-state index is 0.139. The summed E-state index contributed by atoms with van der Waals surface area (Å²) >= 11 is 3.15. The maximum Gasteiger partial charge on any atom is 0.139 e. The van der Waals surface area contributed by atoms with E-state index in [4.69, 9.17) is 5.73 Å². The molecule has 1 aromatic heterocycles. The molecule has 0 saturated heterocycles. The fraction of sp³-hybridized carbons (Fsp3) is 0.333. The highest BCUT2D eigenvalue weighted by Crippen LogP contribution is 2.23. The van der Waals surface area contributed by atoms with Crippen LogP contribution in [0.3, 0.4) is 0 Å². The maximum absolute atomic E-state index is 13.5. The molecule has 2 aromatic rings. The number of aromatic nitrogens is 3. The number of hydrogen-bond donors (Lipinski definition) is 1. The highest BCUT2D eigenvalue weighted by Gasteiger charge is 2.12. The lowest BCUT2D eigenvalue weighted by Gasteiger charge is -2.06. The first-order chi connectivity index (χ1) is 8.52. The summed E-state index contributed by atoms with van der Waals surface area (Å²) in [6.45, 7) is 3.87. The van der Waals surface area contributed by atoms with Gasteiger partial charge >= 0.3 is 0 Å². The van der Waals surface area contributed by atoms with Gasteiger partial charge in [-0.2, -0.15) is 0 Å². The van der Waals surface area contributed by atoms with Gasteiger partial charge in [0.25, 0.3) is 0 Å². The Kier molecular flexibility index (Phi) is 3.77. The molecule has 0 aliphatic heterocycles. The van der Waals surface area contributed by atoms with Crippen molar-refractivity contribution in [3.8, 4) is 5.69 Å². The second kappa shape index (κ2) is 5.16. The van der Waals surface area contributed by atoms with E-state index in [0.717, 1.165) is 12.0 Å². The number of halogens is 2. The van der Waals surface area contributed by atoms with Gasteiger partial charge in [0.15, 0.2) is 0 Å². The van der Waals surface area contributed by atoms with Crippen molar-refractivity contribution >= 4 is 15.9 Å². The Labute approximate surface area is 113 Å². The summed E-state index contributed by atoms with van der Waals surface area (Å²) in [6, 6.07) is 3.00. The normalized spacial score (nSPS) is 12.7. The standard InChI is InChI=1S/C12H14BrFN4/c1-3-10(15)11-6-18(17-16-11)12-5-9(14)8(13)4-7(12)2/h4-6,10H,3,15H2,1-2H3. The van der Waals surface area contributed by atoms with Crippen LogP contribution in [-0.2, 0) is 0 Å². The summed E-state index contributed by atoms with van der Waals surface area (Å²) in [5, 5.41) is 8.00. The molecular formula is C12H14BrFN4. The smallest absolute Gasteiger partial charge is 0.139 e. The average molecular weight is 313 g/mol. The van der Waals surface area contributed by atoms with Gasteiger partial charge in [-0.05, 0) is 40.9 Å². The predicted molar refractivity (Wildman–Crippen MR) is 71.0 cm³/mol. The van der Waals surface area contributed by atoms with Crippen molar-refractivity contribution < 1.29 is 4.39 Å². The third-order valence-electron chi connectivity index (χ3n) is 2.82. The Morgan fingerprint density at radius 1 is 1.50 bits per heavy atom. The quantitative estimate of drug-likeness (QED) is 0.948. The first-order valence-corrected chi connectivity index (χ1v) is 6.46. The summed E-state index contributed by atoms with van der Waals surface area (Å²) in [5.74, 6) is -0.326. The average Bonchev–Trinajstić information content (AvgIpc) is 2.82.